The highest BCUT2D eigenvalue weighted by Crippen LogP contribution is 2.19. The van der Waals surface area contributed by atoms with Crippen LogP contribution in [0.3, 0.4) is 0 Å². The van der Waals surface area contributed by atoms with Crippen LogP contribution in [0.2, 0.25) is 0 Å². The van der Waals surface area contributed by atoms with E-state index in [0.29, 0.717) is 11.3 Å². The zero-order valence-corrected chi connectivity index (χ0v) is 10.4. The number of nitrogens with zero attached hydrogens (tertiary/aromatic N) is 2. The molecular formula is C9H11IN2O2. The van der Waals surface area contributed by atoms with E-state index in [4.69, 9.17) is 4.74 Å². The maximum atomic E-state index is 11.6. The normalized spacial score (nSPS) is 9.71. The molecule has 1 rings (SSSR count). The molecule has 0 saturated carbocycles. The third kappa shape index (κ3) is 2.34. The van der Waals surface area contributed by atoms with E-state index in [0.717, 1.165) is 3.70 Å². The van der Waals surface area contributed by atoms with Gasteiger partial charge in [-0.25, -0.2) is 4.98 Å². The number of pyridine rings is 1. The first kappa shape index (κ1) is 11.2. The quantitative estimate of drug-likeness (QED) is 0.613. The number of rotatable bonds is 2. The van der Waals surface area contributed by atoms with Gasteiger partial charge in [0.1, 0.15) is 3.70 Å². The molecule has 1 aromatic heterocycles. The van der Waals surface area contributed by atoms with Crippen LogP contribution in [0, 0.1) is 3.70 Å². The van der Waals surface area contributed by atoms with Crippen LogP contribution >= 0.6 is 22.6 Å². The lowest BCUT2D eigenvalue weighted by molar-refractivity contribution is 0.0826. The topological polar surface area (TPSA) is 42.4 Å². The van der Waals surface area contributed by atoms with E-state index in [9.17, 15) is 4.79 Å². The SMILES string of the molecule is COc1cc(C(=O)N(C)C)cnc1I. The van der Waals surface area contributed by atoms with E-state index < -0.39 is 0 Å². The molecule has 0 aliphatic rings. The van der Waals surface area contributed by atoms with Crippen molar-refractivity contribution in [2.24, 2.45) is 0 Å². The molecule has 0 aliphatic heterocycles. The summed E-state index contributed by atoms with van der Waals surface area (Å²) >= 11 is 2.06. The van der Waals surface area contributed by atoms with Crippen LogP contribution in [0.4, 0.5) is 0 Å². The molecule has 1 aromatic rings. The van der Waals surface area contributed by atoms with Gasteiger partial charge in [0.2, 0.25) is 0 Å². The van der Waals surface area contributed by atoms with Gasteiger partial charge in [-0.3, -0.25) is 4.79 Å². The lowest BCUT2D eigenvalue weighted by atomic mass is 10.2. The maximum absolute atomic E-state index is 11.6. The summed E-state index contributed by atoms with van der Waals surface area (Å²) in [5.41, 5.74) is 0.535. The van der Waals surface area contributed by atoms with Crippen molar-refractivity contribution in [2.75, 3.05) is 21.2 Å². The Labute approximate surface area is 96.4 Å². The van der Waals surface area contributed by atoms with Crippen molar-refractivity contribution in [3.8, 4) is 5.75 Å². The monoisotopic (exact) mass is 306 g/mol. The summed E-state index contributed by atoms with van der Waals surface area (Å²) in [6.07, 6.45) is 1.55. The van der Waals surface area contributed by atoms with Gasteiger partial charge in [-0.05, 0) is 28.7 Å². The number of methoxy groups -OCH3 is 1. The summed E-state index contributed by atoms with van der Waals surface area (Å²) in [7, 11) is 4.96. The Kier molecular flexibility index (Phi) is 3.68. The van der Waals surface area contributed by atoms with Gasteiger partial charge in [0.25, 0.3) is 5.91 Å². The molecule has 0 unspecified atom stereocenters. The Hall–Kier alpha value is -0.850. The number of hydrogen-bond acceptors (Lipinski definition) is 3. The van der Waals surface area contributed by atoms with Gasteiger partial charge in [0, 0.05) is 20.3 Å². The predicted molar refractivity (Wildman–Crippen MR) is 61.5 cm³/mol. The molecule has 0 aliphatic carbocycles. The number of amides is 1. The van der Waals surface area contributed by atoms with Crippen LogP contribution < -0.4 is 4.74 Å². The summed E-state index contributed by atoms with van der Waals surface area (Å²) in [5, 5.41) is 0. The molecule has 0 fully saturated rings. The smallest absolute Gasteiger partial charge is 0.255 e. The number of halogens is 1. The fourth-order valence-electron chi connectivity index (χ4n) is 0.946. The Balaban J connectivity index is 3.06. The molecule has 0 spiro atoms. The van der Waals surface area contributed by atoms with Crippen molar-refractivity contribution >= 4 is 28.5 Å². The first-order valence-electron chi connectivity index (χ1n) is 3.97. The summed E-state index contributed by atoms with van der Waals surface area (Å²) in [6.45, 7) is 0. The van der Waals surface area contributed by atoms with Crippen molar-refractivity contribution in [2.45, 2.75) is 0 Å². The van der Waals surface area contributed by atoms with Crippen LogP contribution in [0.15, 0.2) is 12.3 Å². The van der Waals surface area contributed by atoms with Gasteiger partial charge in [0.15, 0.2) is 5.75 Å². The minimum atomic E-state index is -0.0767. The van der Waals surface area contributed by atoms with Crippen molar-refractivity contribution in [1.82, 2.24) is 9.88 Å². The van der Waals surface area contributed by atoms with Gasteiger partial charge in [-0.15, -0.1) is 0 Å². The number of carbonyl (C=O) groups excluding carboxylic acids is 1. The fraction of sp³-hybridized carbons (Fsp3) is 0.333. The first-order valence-corrected chi connectivity index (χ1v) is 5.05. The zero-order valence-electron chi connectivity index (χ0n) is 8.24. The number of carbonyl (C=O) groups is 1. The fourth-order valence-corrected chi connectivity index (χ4v) is 1.46. The summed E-state index contributed by atoms with van der Waals surface area (Å²) < 4.78 is 5.83. The number of aromatic nitrogens is 1. The highest BCUT2D eigenvalue weighted by molar-refractivity contribution is 14.1. The van der Waals surface area contributed by atoms with E-state index in [2.05, 4.69) is 27.6 Å². The second-order valence-electron chi connectivity index (χ2n) is 2.92. The van der Waals surface area contributed by atoms with E-state index in [-0.39, 0.29) is 5.91 Å². The van der Waals surface area contributed by atoms with Crippen molar-refractivity contribution in [3.05, 3.63) is 21.5 Å². The molecule has 0 saturated heterocycles. The van der Waals surface area contributed by atoms with Crippen molar-refractivity contribution in [1.29, 1.82) is 0 Å². The molecule has 0 aromatic carbocycles. The Bertz CT molecular complexity index is 353. The Morgan fingerprint density at radius 3 is 2.71 bits per heavy atom. The first-order chi connectivity index (χ1) is 6.56. The molecule has 14 heavy (non-hydrogen) atoms. The van der Waals surface area contributed by atoms with Gasteiger partial charge in [-0.1, -0.05) is 0 Å². The molecule has 76 valence electrons. The van der Waals surface area contributed by atoms with Gasteiger partial charge in [-0.2, -0.15) is 0 Å². The largest absolute Gasteiger partial charge is 0.494 e. The minimum Gasteiger partial charge on any atom is -0.494 e. The van der Waals surface area contributed by atoms with E-state index in [1.165, 1.54) is 4.90 Å². The lowest BCUT2D eigenvalue weighted by Gasteiger charge is -2.11. The molecule has 0 bridgehead atoms. The molecular weight excluding hydrogens is 295 g/mol. The van der Waals surface area contributed by atoms with Gasteiger partial charge >= 0.3 is 0 Å². The van der Waals surface area contributed by atoms with Crippen molar-refractivity contribution < 1.29 is 9.53 Å². The summed E-state index contributed by atoms with van der Waals surface area (Å²) in [6, 6.07) is 1.69. The third-order valence-corrected chi connectivity index (χ3v) is 2.49. The Morgan fingerprint density at radius 2 is 2.21 bits per heavy atom. The third-order valence-electron chi connectivity index (χ3n) is 1.68. The van der Waals surface area contributed by atoms with Crippen LogP contribution in [0.5, 0.6) is 5.75 Å². The molecule has 0 radical (unpaired) electrons. The highest BCUT2D eigenvalue weighted by atomic mass is 127. The maximum Gasteiger partial charge on any atom is 0.255 e. The molecule has 1 heterocycles. The minimum absolute atomic E-state index is 0.0767. The second kappa shape index (κ2) is 4.59. The lowest BCUT2D eigenvalue weighted by Crippen LogP contribution is -2.21. The molecule has 5 heteroatoms. The molecule has 1 amide bonds. The zero-order chi connectivity index (χ0) is 10.7. The summed E-state index contributed by atoms with van der Waals surface area (Å²) in [4.78, 5) is 17.1. The predicted octanol–water partition coefficient (Wildman–Crippen LogP) is 1.40. The second-order valence-corrected chi connectivity index (χ2v) is 3.94. The average molecular weight is 306 g/mol. The van der Waals surface area contributed by atoms with E-state index in [1.807, 2.05) is 0 Å². The number of hydrogen-bond donors (Lipinski definition) is 0. The average Bonchev–Trinajstić information content (AvgIpc) is 2.17. The van der Waals surface area contributed by atoms with Crippen LogP contribution in [-0.4, -0.2) is 37.0 Å². The van der Waals surface area contributed by atoms with E-state index in [1.54, 1.807) is 33.5 Å². The van der Waals surface area contributed by atoms with Gasteiger partial charge in [0.05, 0.1) is 12.7 Å². The van der Waals surface area contributed by atoms with E-state index >= 15 is 0 Å². The van der Waals surface area contributed by atoms with Crippen molar-refractivity contribution in [3.63, 3.8) is 0 Å². The van der Waals surface area contributed by atoms with Crippen LogP contribution in [-0.2, 0) is 0 Å². The van der Waals surface area contributed by atoms with Gasteiger partial charge < -0.3 is 9.64 Å². The molecule has 0 atom stereocenters. The van der Waals surface area contributed by atoms with Crippen LogP contribution in [0.25, 0.3) is 0 Å². The van der Waals surface area contributed by atoms with Crippen LogP contribution in [0.1, 0.15) is 10.4 Å². The molecule has 4 nitrogen and oxygen atoms in total. The standard InChI is InChI=1S/C9H11IN2O2/c1-12(2)9(13)6-4-7(14-3)8(10)11-5-6/h4-5H,1-3H3. The summed E-state index contributed by atoms with van der Waals surface area (Å²) in [5.74, 6) is 0.547. The molecule has 0 N–H and O–H groups in total. The number of ether oxygens (including phenoxy) is 1. The Morgan fingerprint density at radius 1 is 1.57 bits per heavy atom. The highest BCUT2D eigenvalue weighted by Gasteiger charge is 2.11.